The molecule has 1 unspecified atom stereocenters. The van der Waals surface area contributed by atoms with Gasteiger partial charge in [-0.05, 0) is 38.3 Å². The number of ether oxygens (including phenoxy) is 1. The second-order valence-corrected chi connectivity index (χ2v) is 5.47. The Balaban J connectivity index is 2.72. The summed E-state index contributed by atoms with van der Waals surface area (Å²) in [6.07, 6.45) is 2.26. The first-order valence-corrected chi connectivity index (χ1v) is 6.85. The number of hydrogen-bond acceptors (Lipinski definition) is 3. The predicted octanol–water partition coefficient (Wildman–Crippen LogP) is 3.24. The van der Waals surface area contributed by atoms with Crippen LogP contribution in [0.3, 0.4) is 0 Å². The molecule has 0 aliphatic carbocycles. The number of methoxy groups -OCH3 is 1. The maximum absolute atomic E-state index is 11.7. The second-order valence-electron chi connectivity index (χ2n) is 5.47. The van der Waals surface area contributed by atoms with Gasteiger partial charge in [-0.15, -0.1) is 0 Å². The van der Waals surface area contributed by atoms with Crippen molar-refractivity contribution in [3.63, 3.8) is 0 Å². The molecule has 0 aromatic heterocycles. The fourth-order valence-electron chi connectivity index (χ4n) is 2.20. The SMILES string of the molecule is CCCc1ccc(C(C)NC(C)(C)C(=O)OC)cc1. The molecule has 1 aromatic rings. The molecule has 0 saturated heterocycles. The molecule has 3 heteroatoms. The van der Waals surface area contributed by atoms with Crippen LogP contribution in [0, 0.1) is 0 Å². The minimum Gasteiger partial charge on any atom is -0.468 e. The molecule has 0 aliphatic rings. The number of benzene rings is 1. The highest BCUT2D eigenvalue weighted by molar-refractivity contribution is 5.79. The smallest absolute Gasteiger partial charge is 0.325 e. The third-order valence-electron chi connectivity index (χ3n) is 3.29. The van der Waals surface area contributed by atoms with Crippen LogP contribution < -0.4 is 5.32 Å². The van der Waals surface area contributed by atoms with Gasteiger partial charge in [0.1, 0.15) is 5.54 Å². The molecule has 0 bridgehead atoms. The Hall–Kier alpha value is -1.35. The van der Waals surface area contributed by atoms with Gasteiger partial charge in [0, 0.05) is 6.04 Å². The summed E-state index contributed by atoms with van der Waals surface area (Å²) < 4.78 is 4.80. The van der Waals surface area contributed by atoms with E-state index in [2.05, 4.69) is 43.4 Å². The van der Waals surface area contributed by atoms with E-state index in [1.54, 1.807) is 0 Å². The Morgan fingerprint density at radius 1 is 1.32 bits per heavy atom. The van der Waals surface area contributed by atoms with Crippen molar-refractivity contribution >= 4 is 5.97 Å². The standard InChI is InChI=1S/C16H25NO2/c1-6-7-13-8-10-14(11-9-13)12(2)17-16(3,4)15(18)19-5/h8-12,17H,6-7H2,1-5H3. The summed E-state index contributed by atoms with van der Waals surface area (Å²) in [5.41, 5.74) is 1.85. The van der Waals surface area contributed by atoms with Gasteiger partial charge in [0.25, 0.3) is 0 Å². The lowest BCUT2D eigenvalue weighted by molar-refractivity contribution is -0.147. The third kappa shape index (κ3) is 4.35. The fraction of sp³-hybridized carbons (Fsp3) is 0.562. The van der Waals surface area contributed by atoms with E-state index in [0.717, 1.165) is 12.8 Å². The minimum absolute atomic E-state index is 0.102. The van der Waals surface area contributed by atoms with Gasteiger partial charge in [0.15, 0.2) is 0 Å². The zero-order chi connectivity index (χ0) is 14.5. The van der Waals surface area contributed by atoms with Gasteiger partial charge in [-0.25, -0.2) is 0 Å². The van der Waals surface area contributed by atoms with Gasteiger partial charge in [-0.3, -0.25) is 10.1 Å². The quantitative estimate of drug-likeness (QED) is 0.801. The molecular formula is C16H25NO2. The first-order chi connectivity index (χ1) is 8.90. The Bertz CT molecular complexity index is 409. The van der Waals surface area contributed by atoms with Crippen LogP contribution in [0.4, 0.5) is 0 Å². The molecule has 0 amide bonds. The van der Waals surface area contributed by atoms with Crippen LogP contribution in [0.2, 0.25) is 0 Å². The maximum Gasteiger partial charge on any atom is 0.325 e. The molecule has 1 aromatic carbocycles. The van der Waals surface area contributed by atoms with E-state index in [0.29, 0.717) is 0 Å². The Kier molecular flexibility index (Phi) is 5.55. The first kappa shape index (κ1) is 15.7. The minimum atomic E-state index is -0.684. The zero-order valence-corrected chi connectivity index (χ0v) is 12.6. The van der Waals surface area contributed by atoms with Gasteiger partial charge < -0.3 is 4.74 Å². The molecule has 0 fully saturated rings. The summed E-state index contributed by atoms with van der Waals surface area (Å²) in [5.74, 6) is -0.248. The van der Waals surface area contributed by atoms with Crippen molar-refractivity contribution in [3.05, 3.63) is 35.4 Å². The van der Waals surface area contributed by atoms with Crippen LogP contribution in [-0.2, 0) is 16.0 Å². The number of rotatable bonds is 6. The molecular weight excluding hydrogens is 238 g/mol. The molecule has 0 spiro atoms. The number of hydrogen-bond donors (Lipinski definition) is 1. The summed E-state index contributed by atoms with van der Waals surface area (Å²) in [6.45, 7) is 7.90. The molecule has 0 radical (unpaired) electrons. The Morgan fingerprint density at radius 2 is 1.89 bits per heavy atom. The summed E-state index contributed by atoms with van der Waals surface area (Å²) in [4.78, 5) is 11.7. The number of nitrogens with one attached hydrogen (secondary N) is 1. The summed E-state index contributed by atoms with van der Waals surface area (Å²) >= 11 is 0. The van der Waals surface area contributed by atoms with E-state index < -0.39 is 5.54 Å². The number of carbonyl (C=O) groups is 1. The topological polar surface area (TPSA) is 38.3 Å². The van der Waals surface area contributed by atoms with Crippen LogP contribution in [0.5, 0.6) is 0 Å². The van der Waals surface area contributed by atoms with E-state index in [4.69, 9.17) is 4.74 Å². The Labute approximate surface area is 116 Å². The van der Waals surface area contributed by atoms with Gasteiger partial charge in [0.2, 0.25) is 0 Å². The summed E-state index contributed by atoms with van der Waals surface area (Å²) in [5, 5.41) is 3.30. The van der Waals surface area contributed by atoms with Crippen LogP contribution in [0.25, 0.3) is 0 Å². The van der Waals surface area contributed by atoms with Crippen molar-refractivity contribution in [1.82, 2.24) is 5.32 Å². The molecule has 3 nitrogen and oxygen atoms in total. The van der Waals surface area contributed by atoms with Crippen molar-refractivity contribution in [2.45, 2.75) is 52.1 Å². The lowest BCUT2D eigenvalue weighted by Gasteiger charge is -2.27. The summed E-state index contributed by atoms with van der Waals surface area (Å²) in [6, 6.07) is 8.65. The molecule has 1 N–H and O–H groups in total. The van der Waals surface area contributed by atoms with Crippen LogP contribution >= 0.6 is 0 Å². The Morgan fingerprint density at radius 3 is 2.37 bits per heavy atom. The molecule has 1 atom stereocenters. The molecule has 0 saturated carbocycles. The highest BCUT2D eigenvalue weighted by Crippen LogP contribution is 2.18. The number of esters is 1. The van der Waals surface area contributed by atoms with Crippen LogP contribution in [-0.4, -0.2) is 18.6 Å². The van der Waals surface area contributed by atoms with Crippen molar-refractivity contribution < 1.29 is 9.53 Å². The molecule has 106 valence electrons. The van der Waals surface area contributed by atoms with Gasteiger partial charge >= 0.3 is 5.97 Å². The maximum atomic E-state index is 11.7. The molecule has 1 rings (SSSR count). The van der Waals surface area contributed by atoms with Gasteiger partial charge in [-0.2, -0.15) is 0 Å². The molecule has 0 heterocycles. The van der Waals surface area contributed by atoms with Crippen molar-refractivity contribution in [1.29, 1.82) is 0 Å². The third-order valence-corrected chi connectivity index (χ3v) is 3.29. The van der Waals surface area contributed by atoms with Crippen molar-refractivity contribution in [2.75, 3.05) is 7.11 Å². The predicted molar refractivity (Wildman–Crippen MR) is 78.1 cm³/mol. The average Bonchev–Trinajstić information content (AvgIpc) is 2.38. The normalized spacial score (nSPS) is 13.1. The lowest BCUT2D eigenvalue weighted by atomic mass is 9.99. The monoisotopic (exact) mass is 263 g/mol. The van der Waals surface area contributed by atoms with E-state index >= 15 is 0 Å². The average molecular weight is 263 g/mol. The molecule has 0 aliphatic heterocycles. The highest BCUT2D eigenvalue weighted by atomic mass is 16.5. The zero-order valence-electron chi connectivity index (χ0n) is 12.6. The van der Waals surface area contributed by atoms with Gasteiger partial charge in [0.05, 0.1) is 7.11 Å². The van der Waals surface area contributed by atoms with E-state index in [9.17, 15) is 4.79 Å². The van der Waals surface area contributed by atoms with Crippen molar-refractivity contribution in [3.8, 4) is 0 Å². The van der Waals surface area contributed by atoms with Crippen LogP contribution in [0.1, 0.15) is 51.3 Å². The fourth-order valence-corrected chi connectivity index (χ4v) is 2.20. The van der Waals surface area contributed by atoms with Gasteiger partial charge in [-0.1, -0.05) is 37.6 Å². The first-order valence-electron chi connectivity index (χ1n) is 6.85. The lowest BCUT2D eigenvalue weighted by Crippen LogP contribution is -2.48. The highest BCUT2D eigenvalue weighted by Gasteiger charge is 2.30. The second kappa shape index (κ2) is 6.71. The van der Waals surface area contributed by atoms with Crippen LogP contribution in [0.15, 0.2) is 24.3 Å². The number of aryl methyl sites for hydroxylation is 1. The summed E-state index contributed by atoms with van der Waals surface area (Å²) in [7, 11) is 1.41. The van der Waals surface area contributed by atoms with E-state index in [1.807, 2.05) is 13.8 Å². The number of carbonyl (C=O) groups excluding carboxylic acids is 1. The van der Waals surface area contributed by atoms with E-state index in [1.165, 1.54) is 18.2 Å². The van der Waals surface area contributed by atoms with E-state index in [-0.39, 0.29) is 12.0 Å². The van der Waals surface area contributed by atoms with Crippen molar-refractivity contribution in [2.24, 2.45) is 0 Å². The molecule has 19 heavy (non-hydrogen) atoms. The largest absolute Gasteiger partial charge is 0.468 e.